The SMILES string of the molecule is Nc1ccc(N=Nc2c(S(=O)(=O)O)cc3cc(S(=O)(=O)O)cc(O)c3c2O)cc1. The van der Waals surface area contributed by atoms with E-state index in [4.69, 9.17) is 10.3 Å². The van der Waals surface area contributed by atoms with Crippen LogP contribution in [0.15, 0.2) is 62.5 Å². The number of rotatable bonds is 4. The Kier molecular flexibility index (Phi) is 4.92. The highest BCUT2D eigenvalue weighted by Gasteiger charge is 2.25. The number of phenolic OH excluding ortho intramolecular Hbond substituents is 2. The smallest absolute Gasteiger partial charge is 0.296 e. The maximum atomic E-state index is 11.8. The Bertz CT molecular complexity index is 1370. The normalized spacial score (nSPS) is 12.6. The monoisotopic (exact) mass is 439 g/mol. The Morgan fingerprint density at radius 3 is 2.00 bits per heavy atom. The predicted octanol–water partition coefficient (Wildman–Crippen LogP) is 2.74. The molecule has 0 saturated heterocycles. The summed E-state index contributed by atoms with van der Waals surface area (Å²) in [5.74, 6) is -1.66. The van der Waals surface area contributed by atoms with E-state index in [0.717, 1.165) is 12.1 Å². The van der Waals surface area contributed by atoms with Crippen LogP contribution in [0, 0.1) is 0 Å². The number of nitrogens with two attached hydrogens (primary N) is 1. The van der Waals surface area contributed by atoms with E-state index < -0.39 is 47.2 Å². The fraction of sp³-hybridized carbons (Fsp3) is 0. The van der Waals surface area contributed by atoms with Gasteiger partial charge in [0, 0.05) is 11.8 Å². The van der Waals surface area contributed by atoms with Crippen molar-refractivity contribution in [2.24, 2.45) is 10.2 Å². The molecule has 13 heteroatoms. The molecular weight excluding hydrogens is 426 g/mol. The van der Waals surface area contributed by atoms with Crippen molar-refractivity contribution in [3.05, 3.63) is 42.5 Å². The van der Waals surface area contributed by atoms with Gasteiger partial charge in [0.25, 0.3) is 20.2 Å². The molecule has 0 heterocycles. The van der Waals surface area contributed by atoms with Crippen LogP contribution in [0.1, 0.15) is 0 Å². The van der Waals surface area contributed by atoms with Crippen LogP contribution < -0.4 is 5.73 Å². The van der Waals surface area contributed by atoms with Crippen LogP contribution in [0.5, 0.6) is 11.5 Å². The van der Waals surface area contributed by atoms with Gasteiger partial charge in [0.05, 0.1) is 16.0 Å². The zero-order chi connectivity index (χ0) is 21.6. The second-order valence-corrected chi connectivity index (χ2v) is 8.67. The highest BCUT2D eigenvalue weighted by atomic mass is 32.2. The molecule has 3 aromatic carbocycles. The van der Waals surface area contributed by atoms with E-state index in [0.29, 0.717) is 11.8 Å². The van der Waals surface area contributed by atoms with Crippen LogP contribution >= 0.6 is 0 Å². The van der Waals surface area contributed by atoms with Crippen molar-refractivity contribution in [1.82, 2.24) is 0 Å². The third kappa shape index (κ3) is 4.12. The number of nitrogens with zero attached hydrogens (tertiary/aromatic N) is 2. The Morgan fingerprint density at radius 2 is 1.45 bits per heavy atom. The molecule has 0 spiro atoms. The lowest BCUT2D eigenvalue weighted by atomic mass is 10.1. The minimum atomic E-state index is -4.95. The summed E-state index contributed by atoms with van der Waals surface area (Å²) in [6.07, 6.45) is 0. The average Bonchev–Trinajstić information content (AvgIpc) is 2.60. The van der Waals surface area contributed by atoms with Crippen molar-refractivity contribution in [2.75, 3.05) is 5.73 Å². The Hall–Kier alpha value is -3.26. The summed E-state index contributed by atoms with van der Waals surface area (Å²) < 4.78 is 64.8. The van der Waals surface area contributed by atoms with Crippen LogP contribution in [0.2, 0.25) is 0 Å². The van der Waals surface area contributed by atoms with Crippen molar-refractivity contribution in [3.8, 4) is 11.5 Å². The van der Waals surface area contributed by atoms with Gasteiger partial charge in [0.15, 0.2) is 5.75 Å². The van der Waals surface area contributed by atoms with Gasteiger partial charge in [-0.1, -0.05) is 0 Å². The van der Waals surface area contributed by atoms with E-state index in [-0.39, 0.29) is 16.5 Å². The number of anilines is 1. The van der Waals surface area contributed by atoms with Crippen molar-refractivity contribution in [2.45, 2.75) is 9.79 Å². The van der Waals surface area contributed by atoms with E-state index >= 15 is 0 Å². The van der Waals surface area contributed by atoms with Crippen molar-refractivity contribution >= 4 is 48.1 Å². The number of hydrogen-bond donors (Lipinski definition) is 5. The summed E-state index contributed by atoms with van der Waals surface area (Å²) in [5.41, 5.74) is 5.54. The molecule has 0 aliphatic rings. The topological polar surface area (TPSA) is 200 Å². The van der Waals surface area contributed by atoms with E-state index in [1.165, 1.54) is 24.3 Å². The lowest BCUT2D eigenvalue weighted by Gasteiger charge is -2.11. The van der Waals surface area contributed by atoms with Crippen molar-refractivity contribution in [1.29, 1.82) is 0 Å². The van der Waals surface area contributed by atoms with Crippen LogP contribution in [0.25, 0.3) is 10.8 Å². The molecule has 6 N–H and O–H groups in total. The number of nitrogen functional groups attached to an aromatic ring is 1. The van der Waals surface area contributed by atoms with Gasteiger partial charge < -0.3 is 15.9 Å². The molecule has 3 rings (SSSR count). The molecule has 0 atom stereocenters. The van der Waals surface area contributed by atoms with Gasteiger partial charge in [-0.25, -0.2) is 0 Å². The van der Waals surface area contributed by atoms with Gasteiger partial charge in [-0.2, -0.15) is 21.9 Å². The predicted molar refractivity (Wildman–Crippen MR) is 102 cm³/mol. The molecule has 0 amide bonds. The van der Waals surface area contributed by atoms with Gasteiger partial charge in [0.1, 0.15) is 16.3 Å². The average molecular weight is 439 g/mol. The molecular formula is C16H13N3O8S2. The first-order chi connectivity index (χ1) is 13.4. The van der Waals surface area contributed by atoms with E-state index in [9.17, 15) is 31.6 Å². The van der Waals surface area contributed by atoms with Crippen LogP contribution in [-0.4, -0.2) is 36.2 Å². The lowest BCUT2D eigenvalue weighted by molar-refractivity contribution is 0.457. The zero-order valence-electron chi connectivity index (χ0n) is 14.3. The third-order valence-corrected chi connectivity index (χ3v) is 5.54. The maximum absolute atomic E-state index is 11.8. The van der Waals surface area contributed by atoms with Crippen LogP contribution in [0.4, 0.5) is 17.1 Å². The minimum Gasteiger partial charge on any atom is -0.507 e. The molecule has 0 radical (unpaired) electrons. The minimum absolute atomic E-state index is 0.242. The Balaban J connectivity index is 2.32. The molecule has 3 aromatic rings. The summed E-state index contributed by atoms with van der Waals surface area (Å²) in [5, 5.41) is 27.3. The molecule has 11 nitrogen and oxygen atoms in total. The first kappa shape index (κ1) is 20.5. The second kappa shape index (κ2) is 6.97. The molecule has 0 aliphatic carbocycles. The fourth-order valence-electron chi connectivity index (χ4n) is 2.53. The van der Waals surface area contributed by atoms with Gasteiger partial charge >= 0.3 is 0 Å². The summed E-state index contributed by atoms with van der Waals surface area (Å²) in [7, 11) is -9.69. The van der Waals surface area contributed by atoms with Gasteiger partial charge in [0.2, 0.25) is 0 Å². The summed E-state index contributed by atoms with van der Waals surface area (Å²) in [4.78, 5) is -1.65. The van der Waals surface area contributed by atoms with Crippen molar-refractivity contribution < 1.29 is 36.2 Å². The Labute approximate surface area is 164 Å². The molecule has 0 unspecified atom stereocenters. The van der Waals surface area contributed by atoms with Gasteiger partial charge in [-0.15, -0.1) is 5.11 Å². The van der Waals surface area contributed by atoms with Gasteiger partial charge in [-0.05, 0) is 41.8 Å². The number of benzene rings is 3. The van der Waals surface area contributed by atoms with E-state index in [1.807, 2.05) is 0 Å². The number of aromatic hydroxyl groups is 2. The lowest BCUT2D eigenvalue weighted by Crippen LogP contribution is -2.01. The molecule has 29 heavy (non-hydrogen) atoms. The zero-order valence-corrected chi connectivity index (χ0v) is 15.9. The van der Waals surface area contributed by atoms with Gasteiger partial charge in [-0.3, -0.25) is 9.11 Å². The largest absolute Gasteiger partial charge is 0.507 e. The summed E-state index contributed by atoms with van der Waals surface area (Å²) >= 11 is 0. The number of hydrogen-bond acceptors (Lipinski definition) is 9. The second-order valence-electron chi connectivity index (χ2n) is 5.85. The number of phenols is 2. The number of azo groups is 1. The summed E-state index contributed by atoms with van der Waals surface area (Å²) in [6, 6.07) is 8.16. The third-order valence-electron chi connectivity index (χ3n) is 3.84. The maximum Gasteiger partial charge on any atom is 0.296 e. The molecule has 0 aliphatic heterocycles. The van der Waals surface area contributed by atoms with E-state index in [1.54, 1.807) is 0 Å². The molecule has 0 bridgehead atoms. The molecule has 152 valence electrons. The highest BCUT2D eigenvalue weighted by Crippen LogP contribution is 2.45. The Morgan fingerprint density at radius 1 is 0.828 bits per heavy atom. The van der Waals surface area contributed by atoms with E-state index in [2.05, 4.69) is 10.2 Å². The quantitative estimate of drug-likeness (QED) is 0.230. The fourth-order valence-corrected chi connectivity index (χ4v) is 3.72. The standard InChI is InChI=1S/C16H13N3O8S2/c17-9-1-3-10(4-2-9)18-19-15-13(29(25,26)27)6-8-5-11(28(22,23)24)7-12(20)14(8)16(15)21/h1-7,20-21H,17H2,(H,22,23,24)(H,25,26,27). The van der Waals surface area contributed by atoms with Crippen molar-refractivity contribution in [3.63, 3.8) is 0 Å². The van der Waals surface area contributed by atoms with Crippen LogP contribution in [0.3, 0.4) is 0 Å². The first-order valence-electron chi connectivity index (χ1n) is 7.63. The molecule has 0 fully saturated rings. The summed E-state index contributed by atoms with van der Waals surface area (Å²) in [6.45, 7) is 0. The first-order valence-corrected chi connectivity index (χ1v) is 10.5. The molecule has 0 saturated carbocycles. The van der Waals surface area contributed by atoms with Crippen LogP contribution in [-0.2, 0) is 20.2 Å². The highest BCUT2D eigenvalue weighted by molar-refractivity contribution is 7.86. The molecule has 0 aromatic heterocycles. The number of fused-ring (bicyclic) bond motifs is 1.